The first-order valence-corrected chi connectivity index (χ1v) is 6.78. The number of aromatic amines is 1. The lowest BCUT2D eigenvalue weighted by Crippen LogP contribution is -1.86. The van der Waals surface area contributed by atoms with Crippen molar-refractivity contribution in [2.24, 2.45) is 0 Å². The normalized spacial score (nSPS) is 10.4. The molecule has 1 aromatic heterocycles. The zero-order valence-corrected chi connectivity index (χ0v) is 12.1. The van der Waals surface area contributed by atoms with Gasteiger partial charge in [-0.1, -0.05) is 12.1 Å². The Kier molecular flexibility index (Phi) is 3.65. The fourth-order valence-corrected chi connectivity index (χ4v) is 2.38. The van der Waals surface area contributed by atoms with Crippen molar-refractivity contribution in [1.82, 2.24) is 4.98 Å². The second-order valence-corrected chi connectivity index (χ2v) is 4.72. The van der Waals surface area contributed by atoms with Crippen LogP contribution in [0.2, 0.25) is 0 Å². The minimum absolute atomic E-state index is 0.858. The molecule has 0 atom stereocenters. The van der Waals surface area contributed by atoms with Gasteiger partial charge in [0.2, 0.25) is 0 Å². The van der Waals surface area contributed by atoms with Crippen LogP contribution in [0.5, 0.6) is 11.5 Å². The molecule has 3 heteroatoms. The number of aromatic nitrogens is 1. The molecule has 0 aliphatic heterocycles. The summed E-state index contributed by atoms with van der Waals surface area (Å²) in [7, 11) is 3.35. The fraction of sp³-hybridized carbons (Fsp3) is 0.111. The van der Waals surface area contributed by atoms with Gasteiger partial charge in [0.1, 0.15) is 11.5 Å². The molecule has 0 aliphatic carbocycles. The number of rotatable bonds is 4. The molecular weight excluding hydrogens is 262 g/mol. The van der Waals surface area contributed by atoms with Crippen LogP contribution in [0.4, 0.5) is 0 Å². The predicted molar refractivity (Wildman–Crippen MR) is 84.8 cm³/mol. The molecule has 3 rings (SSSR count). The van der Waals surface area contributed by atoms with Crippen LogP contribution in [0.1, 0.15) is 0 Å². The van der Waals surface area contributed by atoms with E-state index in [-0.39, 0.29) is 0 Å². The van der Waals surface area contributed by atoms with Crippen LogP contribution >= 0.6 is 0 Å². The van der Waals surface area contributed by atoms with E-state index in [4.69, 9.17) is 9.47 Å². The number of benzene rings is 2. The zero-order chi connectivity index (χ0) is 14.7. The van der Waals surface area contributed by atoms with Crippen molar-refractivity contribution < 1.29 is 9.47 Å². The van der Waals surface area contributed by atoms with E-state index in [9.17, 15) is 0 Å². The van der Waals surface area contributed by atoms with E-state index in [1.54, 1.807) is 14.2 Å². The Hall–Kier alpha value is -2.68. The Morgan fingerprint density at radius 1 is 0.667 bits per heavy atom. The highest BCUT2D eigenvalue weighted by atomic mass is 16.5. The van der Waals surface area contributed by atoms with Crippen LogP contribution in [0, 0.1) is 0 Å². The zero-order valence-electron chi connectivity index (χ0n) is 12.1. The van der Waals surface area contributed by atoms with Gasteiger partial charge in [-0.2, -0.15) is 0 Å². The summed E-state index contributed by atoms with van der Waals surface area (Å²) in [5.74, 6) is 1.72. The van der Waals surface area contributed by atoms with E-state index in [2.05, 4.69) is 35.3 Å². The van der Waals surface area contributed by atoms with Crippen molar-refractivity contribution >= 4 is 0 Å². The van der Waals surface area contributed by atoms with Crippen LogP contribution < -0.4 is 9.47 Å². The van der Waals surface area contributed by atoms with Crippen LogP contribution in [-0.2, 0) is 0 Å². The molecule has 106 valence electrons. The van der Waals surface area contributed by atoms with Crippen molar-refractivity contribution in [2.75, 3.05) is 14.2 Å². The van der Waals surface area contributed by atoms with Gasteiger partial charge in [-0.25, -0.2) is 0 Å². The lowest BCUT2D eigenvalue weighted by molar-refractivity contribution is 0.414. The van der Waals surface area contributed by atoms with Crippen LogP contribution in [-0.4, -0.2) is 19.2 Å². The van der Waals surface area contributed by atoms with Crippen molar-refractivity contribution in [3.05, 3.63) is 60.8 Å². The first kappa shape index (κ1) is 13.3. The molecule has 0 aliphatic rings. The van der Waals surface area contributed by atoms with E-state index in [0.29, 0.717) is 0 Å². The van der Waals surface area contributed by atoms with Gasteiger partial charge in [-0.15, -0.1) is 0 Å². The van der Waals surface area contributed by atoms with Gasteiger partial charge in [-0.3, -0.25) is 0 Å². The Balaban J connectivity index is 1.99. The van der Waals surface area contributed by atoms with Crippen LogP contribution in [0.15, 0.2) is 60.8 Å². The smallest absolute Gasteiger partial charge is 0.118 e. The standard InChI is InChI=1S/C18H17NO2/c1-20-15-7-3-13(4-8-15)17-11-12-19-18(17)14-5-9-16(21-2)10-6-14/h3-12,19H,1-2H3. The second kappa shape index (κ2) is 5.75. The molecule has 0 radical (unpaired) electrons. The topological polar surface area (TPSA) is 34.2 Å². The maximum atomic E-state index is 5.21. The number of methoxy groups -OCH3 is 2. The first-order chi connectivity index (χ1) is 10.3. The summed E-state index contributed by atoms with van der Waals surface area (Å²) in [5.41, 5.74) is 4.56. The highest BCUT2D eigenvalue weighted by Gasteiger charge is 2.09. The van der Waals surface area contributed by atoms with Gasteiger partial charge in [0.15, 0.2) is 0 Å². The van der Waals surface area contributed by atoms with Crippen LogP contribution in [0.3, 0.4) is 0 Å². The molecule has 2 aromatic carbocycles. The van der Waals surface area contributed by atoms with Crippen molar-refractivity contribution in [1.29, 1.82) is 0 Å². The summed E-state index contributed by atoms with van der Waals surface area (Å²) in [6.07, 6.45) is 1.96. The van der Waals surface area contributed by atoms with Crippen LogP contribution in [0.25, 0.3) is 22.4 Å². The van der Waals surface area contributed by atoms with Gasteiger partial charge in [0.25, 0.3) is 0 Å². The average Bonchev–Trinajstić information content (AvgIpc) is 3.04. The van der Waals surface area contributed by atoms with Crippen molar-refractivity contribution in [3.8, 4) is 33.9 Å². The third-order valence-corrected chi connectivity index (χ3v) is 3.53. The molecule has 0 saturated carbocycles. The predicted octanol–water partition coefficient (Wildman–Crippen LogP) is 4.37. The third-order valence-electron chi connectivity index (χ3n) is 3.53. The maximum absolute atomic E-state index is 5.21. The van der Waals surface area contributed by atoms with Gasteiger partial charge >= 0.3 is 0 Å². The monoisotopic (exact) mass is 279 g/mol. The SMILES string of the molecule is COc1ccc(-c2cc[nH]c2-c2ccc(OC)cc2)cc1. The minimum atomic E-state index is 0.858. The molecule has 0 saturated heterocycles. The molecular formula is C18H17NO2. The van der Waals surface area contributed by atoms with Gasteiger partial charge in [0, 0.05) is 11.8 Å². The largest absolute Gasteiger partial charge is 0.497 e. The third kappa shape index (κ3) is 2.63. The van der Waals surface area contributed by atoms with E-state index < -0.39 is 0 Å². The lowest BCUT2D eigenvalue weighted by Gasteiger charge is -2.07. The molecule has 1 N–H and O–H groups in total. The molecule has 3 nitrogen and oxygen atoms in total. The summed E-state index contributed by atoms with van der Waals surface area (Å²) in [5, 5.41) is 0. The van der Waals surface area contributed by atoms with E-state index in [1.807, 2.05) is 30.5 Å². The van der Waals surface area contributed by atoms with Gasteiger partial charge in [0.05, 0.1) is 19.9 Å². The van der Waals surface area contributed by atoms with E-state index in [0.717, 1.165) is 28.3 Å². The number of ether oxygens (including phenoxy) is 2. The Morgan fingerprint density at radius 2 is 1.19 bits per heavy atom. The molecule has 21 heavy (non-hydrogen) atoms. The Morgan fingerprint density at radius 3 is 1.71 bits per heavy atom. The molecule has 0 unspecified atom stereocenters. The highest BCUT2D eigenvalue weighted by Crippen LogP contribution is 2.32. The first-order valence-electron chi connectivity index (χ1n) is 6.78. The average molecular weight is 279 g/mol. The Bertz CT molecular complexity index is 650. The number of nitrogens with one attached hydrogen (secondary N) is 1. The lowest BCUT2D eigenvalue weighted by atomic mass is 10.0. The molecule has 1 heterocycles. The number of hydrogen-bond acceptors (Lipinski definition) is 2. The maximum Gasteiger partial charge on any atom is 0.118 e. The molecule has 0 amide bonds. The summed E-state index contributed by atoms with van der Waals surface area (Å²) < 4.78 is 10.4. The van der Waals surface area contributed by atoms with Crippen molar-refractivity contribution in [2.45, 2.75) is 0 Å². The molecule has 3 aromatic rings. The van der Waals surface area contributed by atoms with Gasteiger partial charge < -0.3 is 14.5 Å². The van der Waals surface area contributed by atoms with Gasteiger partial charge in [-0.05, 0) is 53.6 Å². The Labute approximate surface area is 124 Å². The minimum Gasteiger partial charge on any atom is -0.497 e. The van der Waals surface area contributed by atoms with Crippen molar-refractivity contribution in [3.63, 3.8) is 0 Å². The summed E-state index contributed by atoms with van der Waals surface area (Å²) in [4.78, 5) is 3.31. The fourth-order valence-electron chi connectivity index (χ4n) is 2.38. The quantitative estimate of drug-likeness (QED) is 0.769. The highest BCUT2D eigenvalue weighted by molar-refractivity contribution is 5.81. The number of H-pyrrole nitrogens is 1. The molecule has 0 fully saturated rings. The van der Waals surface area contributed by atoms with E-state index in [1.165, 1.54) is 5.56 Å². The number of hydrogen-bond donors (Lipinski definition) is 1. The molecule has 0 spiro atoms. The summed E-state index contributed by atoms with van der Waals surface area (Å²) in [6, 6.07) is 18.2. The summed E-state index contributed by atoms with van der Waals surface area (Å²) in [6.45, 7) is 0. The summed E-state index contributed by atoms with van der Waals surface area (Å²) >= 11 is 0. The molecule has 0 bridgehead atoms. The van der Waals surface area contributed by atoms with E-state index >= 15 is 0 Å². The second-order valence-electron chi connectivity index (χ2n) is 4.72.